The number of guanidine groups is 1. The number of nitrogens with one attached hydrogen (secondary N) is 2. The summed E-state index contributed by atoms with van der Waals surface area (Å²) in [6.45, 7) is 5.50. The molecule has 146 valence electrons. The molecule has 0 saturated heterocycles. The van der Waals surface area contributed by atoms with Crippen LogP contribution in [0.25, 0.3) is 0 Å². The van der Waals surface area contributed by atoms with E-state index in [4.69, 9.17) is 4.52 Å². The van der Waals surface area contributed by atoms with Crippen molar-refractivity contribution in [3.8, 4) is 0 Å². The number of halogens is 1. The average Bonchev–Trinajstić information content (AvgIpc) is 3.28. The van der Waals surface area contributed by atoms with Gasteiger partial charge in [0, 0.05) is 25.3 Å². The highest BCUT2D eigenvalue weighted by Gasteiger charge is 2.23. The van der Waals surface area contributed by atoms with Crippen molar-refractivity contribution in [2.75, 3.05) is 25.0 Å². The average molecular weight is 483 g/mol. The van der Waals surface area contributed by atoms with Gasteiger partial charge >= 0.3 is 0 Å². The lowest BCUT2D eigenvalue weighted by Crippen LogP contribution is -2.44. The van der Waals surface area contributed by atoms with Crippen molar-refractivity contribution >= 4 is 41.5 Å². The molecule has 0 radical (unpaired) electrons. The standard InChI is InChI=1S/C19H25N5O2.HI/c1-13(2)16-10-15(26-23-16)11-21-19(20-3)22-12-18(25)24-9-8-14-6-4-5-7-17(14)24;/h4-7,10,13H,8-9,11-12H2,1-3H3,(H2,20,21,22);1H. The monoisotopic (exact) mass is 483 g/mol. The Hall–Kier alpha value is -2.10. The molecule has 1 aromatic heterocycles. The van der Waals surface area contributed by atoms with E-state index in [-0.39, 0.29) is 36.4 Å². The first-order chi connectivity index (χ1) is 12.6. The Morgan fingerprint density at radius 3 is 2.81 bits per heavy atom. The molecule has 3 rings (SSSR count). The zero-order valence-corrected chi connectivity index (χ0v) is 18.2. The molecule has 7 nitrogen and oxygen atoms in total. The number of para-hydroxylation sites is 1. The van der Waals surface area contributed by atoms with E-state index in [1.54, 1.807) is 7.05 Å². The fourth-order valence-electron chi connectivity index (χ4n) is 2.93. The molecule has 0 saturated carbocycles. The number of hydrogen-bond donors (Lipinski definition) is 2. The molecule has 2 aromatic rings. The molecule has 8 heteroatoms. The third-order valence-electron chi connectivity index (χ3n) is 4.42. The molecule has 0 atom stereocenters. The van der Waals surface area contributed by atoms with Crippen LogP contribution in [0.1, 0.15) is 36.8 Å². The second kappa shape index (κ2) is 9.72. The summed E-state index contributed by atoms with van der Waals surface area (Å²) in [5.41, 5.74) is 3.15. The lowest BCUT2D eigenvalue weighted by atomic mass is 10.1. The quantitative estimate of drug-likeness (QED) is 0.388. The molecule has 0 unspecified atom stereocenters. The van der Waals surface area contributed by atoms with E-state index in [1.165, 1.54) is 5.56 Å². The molecule has 2 N–H and O–H groups in total. The summed E-state index contributed by atoms with van der Waals surface area (Å²) in [5, 5.41) is 10.2. The number of aromatic nitrogens is 1. The number of anilines is 1. The maximum atomic E-state index is 12.5. The zero-order chi connectivity index (χ0) is 18.5. The Morgan fingerprint density at radius 2 is 2.11 bits per heavy atom. The van der Waals surface area contributed by atoms with E-state index in [0.29, 0.717) is 18.4 Å². The van der Waals surface area contributed by atoms with Crippen LogP contribution in [0, 0.1) is 0 Å². The van der Waals surface area contributed by atoms with Gasteiger partial charge in [0.05, 0.1) is 18.8 Å². The molecule has 0 bridgehead atoms. The highest BCUT2D eigenvalue weighted by atomic mass is 127. The number of amides is 1. The fraction of sp³-hybridized carbons (Fsp3) is 0.421. The van der Waals surface area contributed by atoms with Gasteiger partial charge in [0.1, 0.15) is 0 Å². The van der Waals surface area contributed by atoms with Gasteiger partial charge in [-0.25, -0.2) is 0 Å². The minimum absolute atomic E-state index is 0. The molecular formula is C19H26IN5O2. The van der Waals surface area contributed by atoms with E-state index in [9.17, 15) is 4.79 Å². The molecule has 27 heavy (non-hydrogen) atoms. The number of carbonyl (C=O) groups excluding carboxylic acids is 1. The van der Waals surface area contributed by atoms with Crippen LogP contribution in [0.4, 0.5) is 5.69 Å². The number of fused-ring (bicyclic) bond motifs is 1. The Labute approximate surface area is 176 Å². The van der Waals surface area contributed by atoms with Crippen LogP contribution in [0.5, 0.6) is 0 Å². The van der Waals surface area contributed by atoms with Gasteiger partial charge in [-0.1, -0.05) is 37.2 Å². The van der Waals surface area contributed by atoms with Crippen molar-refractivity contribution in [3.63, 3.8) is 0 Å². The zero-order valence-electron chi connectivity index (χ0n) is 15.9. The predicted molar refractivity (Wildman–Crippen MR) is 117 cm³/mol. The molecule has 0 aliphatic carbocycles. The van der Waals surface area contributed by atoms with Crippen LogP contribution in [0.3, 0.4) is 0 Å². The predicted octanol–water partition coefficient (Wildman–Crippen LogP) is 2.67. The molecule has 2 heterocycles. The maximum absolute atomic E-state index is 12.5. The minimum atomic E-state index is 0. The van der Waals surface area contributed by atoms with Crippen molar-refractivity contribution in [2.45, 2.75) is 32.7 Å². The topological polar surface area (TPSA) is 82.8 Å². The van der Waals surface area contributed by atoms with E-state index in [1.807, 2.05) is 29.2 Å². The Bertz CT molecular complexity index is 803. The van der Waals surface area contributed by atoms with Crippen molar-refractivity contribution in [2.24, 2.45) is 4.99 Å². The molecule has 1 aromatic carbocycles. The Balaban J connectivity index is 0.00000261. The Kier molecular flexibility index (Phi) is 7.64. The highest BCUT2D eigenvalue weighted by Crippen LogP contribution is 2.27. The van der Waals surface area contributed by atoms with Crippen LogP contribution in [-0.2, 0) is 17.8 Å². The normalized spacial score (nSPS) is 13.3. The van der Waals surface area contributed by atoms with Crippen LogP contribution < -0.4 is 15.5 Å². The second-order valence-electron chi connectivity index (χ2n) is 6.58. The van der Waals surface area contributed by atoms with Crippen molar-refractivity contribution in [1.29, 1.82) is 0 Å². The van der Waals surface area contributed by atoms with Crippen molar-refractivity contribution < 1.29 is 9.32 Å². The van der Waals surface area contributed by atoms with Gasteiger partial charge in [-0.3, -0.25) is 9.79 Å². The summed E-state index contributed by atoms with van der Waals surface area (Å²) in [7, 11) is 1.67. The van der Waals surface area contributed by atoms with Gasteiger partial charge < -0.3 is 20.1 Å². The third kappa shape index (κ3) is 5.21. The molecule has 1 aliphatic heterocycles. The molecular weight excluding hydrogens is 457 g/mol. The maximum Gasteiger partial charge on any atom is 0.246 e. The summed E-state index contributed by atoms with van der Waals surface area (Å²) in [6, 6.07) is 9.95. The van der Waals surface area contributed by atoms with Crippen molar-refractivity contribution in [3.05, 3.63) is 47.3 Å². The SMILES string of the molecule is CN=C(NCC(=O)N1CCc2ccccc21)NCc1cc(C(C)C)no1.I. The van der Waals surface area contributed by atoms with Gasteiger partial charge in [-0.2, -0.15) is 0 Å². The smallest absolute Gasteiger partial charge is 0.246 e. The van der Waals surface area contributed by atoms with E-state index in [2.05, 4.69) is 40.7 Å². The molecule has 1 aliphatic rings. The number of aliphatic imine (C=N–C) groups is 1. The van der Waals surface area contributed by atoms with Crippen molar-refractivity contribution in [1.82, 2.24) is 15.8 Å². The summed E-state index contributed by atoms with van der Waals surface area (Å²) >= 11 is 0. The summed E-state index contributed by atoms with van der Waals surface area (Å²) < 4.78 is 5.30. The largest absolute Gasteiger partial charge is 0.359 e. The molecule has 0 spiro atoms. The van der Waals surface area contributed by atoms with E-state index < -0.39 is 0 Å². The minimum Gasteiger partial charge on any atom is -0.359 e. The van der Waals surface area contributed by atoms with Gasteiger partial charge in [-0.05, 0) is 24.0 Å². The number of rotatable bonds is 5. The Morgan fingerprint density at radius 1 is 1.33 bits per heavy atom. The lowest BCUT2D eigenvalue weighted by molar-refractivity contribution is -0.117. The van der Waals surface area contributed by atoms with Gasteiger partial charge in [0.2, 0.25) is 5.91 Å². The van der Waals surface area contributed by atoms with Gasteiger partial charge in [0.25, 0.3) is 0 Å². The summed E-state index contributed by atoms with van der Waals surface area (Å²) in [4.78, 5) is 18.5. The van der Waals surface area contributed by atoms with E-state index in [0.717, 1.165) is 30.1 Å². The number of benzene rings is 1. The number of hydrogen-bond acceptors (Lipinski definition) is 4. The summed E-state index contributed by atoms with van der Waals surface area (Å²) in [6.07, 6.45) is 0.901. The lowest BCUT2D eigenvalue weighted by Gasteiger charge is -2.18. The van der Waals surface area contributed by atoms with Gasteiger partial charge in [-0.15, -0.1) is 24.0 Å². The third-order valence-corrected chi connectivity index (χ3v) is 4.42. The molecule has 1 amide bonds. The van der Waals surface area contributed by atoms with Crippen LogP contribution >= 0.6 is 24.0 Å². The number of nitrogens with zero attached hydrogens (tertiary/aromatic N) is 3. The first-order valence-corrected chi connectivity index (χ1v) is 8.86. The van der Waals surface area contributed by atoms with Gasteiger partial charge in [0.15, 0.2) is 11.7 Å². The molecule has 0 fully saturated rings. The van der Waals surface area contributed by atoms with Crippen LogP contribution in [0.2, 0.25) is 0 Å². The van der Waals surface area contributed by atoms with Crippen LogP contribution in [-0.4, -0.2) is 37.2 Å². The fourth-order valence-corrected chi connectivity index (χ4v) is 2.93. The van der Waals surface area contributed by atoms with E-state index >= 15 is 0 Å². The first kappa shape index (κ1) is 21.2. The second-order valence-corrected chi connectivity index (χ2v) is 6.58. The first-order valence-electron chi connectivity index (χ1n) is 8.86. The highest BCUT2D eigenvalue weighted by molar-refractivity contribution is 14.0. The summed E-state index contributed by atoms with van der Waals surface area (Å²) in [5.74, 6) is 1.63. The van der Waals surface area contributed by atoms with Crippen LogP contribution in [0.15, 0.2) is 39.8 Å². The number of carbonyl (C=O) groups is 1.